The summed E-state index contributed by atoms with van der Waals surface area (Å²) in [4.78, 5) is 12.9. The second-order valence-corrected chi connectivity index (χ2v) is 6.34. The Morgan fingerprint density at radius 2 is 2.09 bits per heavy atom. The van der Waals surface area contributed by atoms with Crippen molar-refractivity contribution in [2.24, 2.45) is 5.73 Å². The van der Waals surface area contributed by atoms with E-state index in [2.05, 4.69) is 25.4 Å². The highest BCUT2D eigenvalue weighted by molar-refractivity contribution is 5.42. The Labute approximate surface area is 135 Å². The van der Waals surface area contributed by atoms with Gasteiger partial charge in [0.25, 0.3) is 0 Å². The minimum absolute atomic E-state index is 0.263. The van der Waals surface area contributed by atoms with E-state index in [-0.39, 0.29) is 17.9 Å². The molecule has 0 aliphatic heterocycles. The number of anilines is 2. The van der Waals surface area contributed by atoms with Crippen LogP contribution in [0.1, 0.15) is 55.9 Å². The zero-order valence-corrected chi connectivity index (χ0v) is 13.5. The number of nitrogen functional groups attached to an aromatic ring is 1. The molecule has 2 heterocycles. The van der Waals surface area contributed by atoms with Gasteiger partial charge >= 0.3 is 0 Å². The Kier molecular flexibility index (Phi) is 4.42. The first-order valence-electron chi connectivity index (χ1n) is 7.97. The lowest BCUT2D eigenvalue weighted by atomic mass is 9.78. The molecule has 1 saturated carbocycles. The van der Waals surface area contributed by atoms with Crippen LogP contribution < -0.4 is 16.8 Å². The fourth-order valence-electron chi connectivity index (χ4n) is 2.59. The van der Waals surface area contributed by atoms with Gasteiger partial charge in [0.05, 0.1) is 5.69 Å². The molecule has 23 heavy (non-hydrogen) atoms. The van der Waals surface area contributed by atoms with Crippen LogP contribution in [0.15, 0.2) is 10.6 Å². The van der Waals surface area contributed by atoms with Crippen molar-refractivity contribution in [2.45, 2.75) is 51.0 Å². The molecule has 8 nitrogen and oxygen atoms in total. The summed E-state index contributed by atoms with van der Waals surface area (Å²) in [6, 6.07) is 2.22. The second-order valence-electron chi connectivity index (χ2n) is 6.34. The van der Waals surface area contributed by atoms with Crippen LogP contribution in [0.25, 0.3) is 0 Å². The number of aromatic nitrogens is 4. The van der Waals surface area contributed by atoms with Gasteiger partial charge in [-0.25, -0.2) is 4.98 Å². The zero-order chi connectivity index (χ0) is 16.4. The van der Waals surface area contributed by atoms with Crippen LogP contribution in [-0.2, 0) is 6.42 Å². The molecule has 1 aliphatic carbocycles. The van der Waals surface area contributed by atoms with Gasteiger partial charge < -0.3 is 21.3 Å². The zero-order valence-electron chi connectivity index (χ0n) is 13.5. The van der Waals surface area contributed by atoms with Crippen LogP contribution in [0, 0.1) is 0 Å². The molecule has 1 aliphatic rings. The Morgan fingerprint density at radius 1 is 1.30 bits per heavy atom. The first-order chi connectivity index (χ1) is 11.0. The Morgan fingerprint density at radius 3 is 2.74 bits per heavy atom. The van der Waals surface area contributed by atoms with Gasteiger partial charge in [-0.15, -0.1) is 0 Å². The highest BCUT2D eigenvalue weighted by Crippen LogP contribution is 2.35. The molecule has 5 N–H and O–H groups in total. The molecule has 8 heteroatoms. The summed E-state index contributed by atoms with van der Waals surface area (Å²) in [5.74, 6) is 3.00. The molecule has 124 valence electrons. The maximum atomic E-state index is 5.84. The van der Waals surface area contributed by atoms with Crippen LogP contribution in [0.3, 0.4) is 0 Å². The topological polar surface area (TPSA) is 129 Å². The maximum absolute atomic E-state index is 5.84. The van der Waals surface area contributed by atoms with Crippen molar-refractivity contribution in [2.75, 3.05) is 17.6 Å². The Bertz CT molecular complexity index is 664. The molecule has 0 aromatic carbocycles. The molecule has 1 fully saturated rings. The van der Waals surface area contributed by atoms with Gasteiger partial charge in [-0.3, -0.25) is 0 Å². The smallest absolute Gasteiger partial charge is 0.228 e. The molecule has 2 aromatic heterocycles. The predicted octanol–water partition coefficient (Wildman–Crippen LogP) is 1.42. The van der Waals surface area contributed by atoms with Gasteiger partial charge in [0.1, 0.15) is 5.82 Å². The van der Waals surface area contributed by atoms with E-state index in [9.17, 15) is 0 Å². The van der Waals surface area contributed by atoms with E-state index in [4.69, 9.17) is 16.0 Å². The standard InChI is InChI=1S/C15H23N7O/c1-8(2)14-21-13(23-22-14)3-4-18-12-7-11(19-15(17)20-12)9-5-10(16)6-9/h7-10H,3-6,16H2,1-2H3,(H3,17,18,19,20). The number of hydrogen-bond donors (Lipinski definition) is 3. The third-order valence-electron chi connectivity index (χ3n) is 4.00. The third kappa shape index (κ3) is 3.76. The predicted molar refractivity (Wildman–Crippen MR) is 87.0 cm³/mol. The summed E-state index contributed by atoms with van der Waals surface area (Å²) in [5.41, 5.74) is 12.6. The average molecular weight is 317 g/mol. The number of nitrogens with two attached hydrogens (primary N) is 2. The number of hydrogen-bond acceptors (Lipinski definition) is 8. The summed E-state index contributed by atoms with van der Waals surface area (Å²) < 4.78 is 5.22. The second kappa shape index (κ2) is 6.49. The number of nitrogens with zero attached hydrogens (tertiary/aromatic N) is 4. The third-order valence-corrected chi connectivity index (χ3v) is 4.00. The van der Waals surface area contributed by atoms with Crippen molar-refractivity contribution < 1.29 is 4.52 Å². The number of rotatable bonds is 6. The van der Waals surface area contributed by atoms with E-state index < -0.39 is 0 Å². The lowest BCUT2D eigenvalue weighted by molar-refractivity contribution is 0.345. The molecule has 0 amide bonds. The van der Waals surface area contributed by atoms with Crippen LogP contribution in [0.4, 0.5) is 11.8 Å². The van der Waals surface area contributed by atoms with Crippen molar-refractivity contribution in [1.82, 2.24) is 20.1 Å². The Hall–Kier alpha value is -2.22. The molecular weight excluding hydrogens is 294 g/mol. The van der Waals surface area contributed by atoms with E-state index in [1.54, 1.807) is 0 Å². The van der Waals surface area contributed by atoms with Gasteiger partial charge in [-0.05, 0) is 12.8 Å². The maximum Gasteiger partial charge on any atom is 0.228 e. The van der Waals surface area contributed by atoms with E-state index in [1.165, 1.54) is 0 Å². The van der Waals surface area contributed by atoms with Crippen LogP contribution in [0.5, 0.6) is 0 Å². The largest absolute Gasteiger partial charge is 0.369 e. The fraction of sp³-hybridized carbons (Fsp3) is 0.600. The molecule has 0 bridgehead atoms. The van der Waals surface area contributed by atoms with Crippen molar-refractivity contribution in [3.05, 3.63) is 23.5 Å². The molecule has 0 saturated heterocycles. The normalized spacial score (nSPS) is 20.5. The number of nitrogens with one attached hydrogen (secondary N) is 1. The summed E-state index contributed by atoms with van der Waals surface area (Å²) in [6.45, 7) is 4.70. The first-order valence-corrected chi connectivity index (χ1v) is 7.97. The lowest BCUT2D eigenvalue weighted by Gasteiger charge is -2.32. The van der Waals surface area contributed by atoms with Gasteiger partial charge in [0, 0.05) is 36.9 Å². The lowest BCUT2D eigenvalue weighted by Crippen LogP contribution is -2.35. The van der Waals surface area contributed by atoms with Gasteiger partial charge in [0.2, 0.25) is 11.8 Å². The highest BCUT2D eigenvalue weighted by Gasteiger charge is 2.29. The van der Waals surface area contributed by atoms with E-state index in [0.29, 0.717) is 24.8 Å². The van der Waals surface area contributed by atoms with Crippen LogP contribution in [0.2, 0.25) is 0 Å². The summed E-state index contributed by atoms with van der Waals surface area (Å²) in [6.07, 6.45) is 2.54. The summed E-state index contributed by atoms with van der Waals surface area (Å²) in [7, 11) is 0. The first kappa shape index (κ1) is 15.7. The van der Waals surface area contributed by atoms with Crippen LogP contribution >= 0.6 is 0 Å². The van der Waals surface area contributed by atoms with Crippen molar-refractivity contribution in [3.8, 4) is 0 Å². The van der Waals surface area contributed by atoms with Crippen LogP contribution in [-0.4, -0.2) is 32.7 Å². The molecule has 0 atom stereocenters. The summed E-state index contributed by atoms with van der Waals surface area (Å²) >= 11 is 0. The van der Waals surface area contributed by atoms with Gasteiger partial charge in [0.15, 0.2) is 5.82 Å². The molecule has 0 unspecified atom stereocenters. The van der Waals surface area contributed by atoms with E-state index in [1.807, 2.05) is 19.9 Å². The molecule has 3 rings (SSSR count). The summed E-state index contributed by atoms with van der Waals surface area (Å²) in [5, 5.41) is 7.18. The minimum Gasteiger partial charge on any atom is -0.369 e. The average Bonchev–Trinajstić information content (AvgIpc) is 2.92. The highest BCUT2D eigenvalue weighted by atomic mass is 16.5. The van der Waals surface area contributed by atoms with Crippen molar-refractivity contribution in [3.63, 3.8) is 0 Å². The SMILES string of the molecule is CC(C)c1noc(CCNc2cc(C3CC(N)C3)nc(N)n2)n1. The quantitative estimate of drug-likeness (QED) is 0.729. The van der Waals surface area contributed by atoms with E-state index >= 15 is 0 Å². The minimum atomic E-state index is 0.263. The van der Waals surface area contributed by atoms with Gasteiger partial charge in [-0.2, -0.15) is 9.97 Å². The van der Waals surface area contributed by atoms with E-state index in [0.717, 1.165) is 30.2 Å². The molecule has 2 aromatic rings. The molecule has 0 spiro atoms. The molecule has 0 radical (unpaired) electrons. The Balaban J connectivity index is 1.57. The van der Waals surface area contributed by atoms with Crippen molar-refractivity contribution >= 4 is 11.8 Å². The monoisotopic (exact) mass is 317 g/mol. The van der Waals surface area contributed by atoms with Crippen molar-refractivity contribution in [1.29, 1.82) is 0 Å². The van der Waals surface area contributed by atoms with Gasteiger partial charge in [-0.1, -0.05) is 19.0 Å². The fourth-order valence-corrected chi connectivity index (χ4v) is 2.59. The molecular formula is C15H23N7O.